The van der Waals surface area contributed by atoms with Crippen LogP contribution in [0, 0.1) is 0 Å². The summed E-state index contributed by atoms with van der Waals surface area (Å²) in [5, 5.41) is 3.34. The molecule has 0 aliphatic heterocycles. The van der Waals surface area contributed by atoms with Gasteiger partial charge in [-0.2, -0.15) is 0 Å². The quantitative estimate of drug-likeness (QED) is 0.556. The molecular weight excluding hydrogens is 216 g/mol. The molecule has 4 heteroatoms. The molecule has 1 rings (SSSR count). The Bertz CT molecular complexity index is 334. The highest BCUT2D eigenvalue weighted by molar-refractivity contribution is 5.69. The first kappa shape index (κ1) is 13.8. The van der Waals surface area contributed by atoms with Crippen molar-refractivity contribution < 1.29 is 9.53 Å². The number of carbonyl (C=O) groups excluding carboxylic acids is 1. The maximum Gasteiger partial charge on any atom is 0.305 e. The molecule has 0 saturated heterocycles. The maximum atomic E-state index is 10.9. The Kier molecular flexibility index (Phi) is 6.40. The molecule has 0 fully saturated rings. The average molecular weight is 238 g/mol. The van der Waals surface area contributed by atoms with Gasteiger partial charge in [-0.05, 0) is 31.5 Å². The number of hydrogen-bond donors (Lipinski definition) is 1. The Labute approximate surface area is 103 Å². The van der Waals surface area contributed by atoms with E-state index in [-0.39, 0.29) is 5.97 Å². The Morgan fingerprint density at radius 2 is 2.35 bits per heavy atom. The second-order valence-corrected chi connectivity index (χ2v) is 4.05. The van der Waals surface area contributed by atoms with Gasteiger partial charge in [-0.1, -0.05) is 6.92 Å². The van der Waals surface area contributed by atoms with Gasteiger partial charge in [0.25, 0.3) is 0 Å². The molecule has 1 aromatic rings. The van der Waals surface area contributed by atoms with Gasteiger partial charge in [0.05, 0.1) is 7.11 Å². The average Bonchev–Trinajstić information content (AvgIpc) is 2.76. The van der Waals surface area contributed by atoms with E-state index in [9.17, 15) is 4.79 Å². The Morgan fingerprint density at radius 3 is 3.06 bits per heavy atom. The lowest BCUT2D eigenvalue weighted by atomic mass is 10.3. The van der Waals surface area contributed by atoms with E-state index in [1.165, 1.54) is 12.8 Å². The van der Waals surface area contributed by atoms with E-state index in [2.05, 4.69) is 39.9 Å². The molecule has 0 amide bonds. The van der Waals surface area contributed by atoms with Crippen molar-refractivity contribution in [2.45, 2.75) is 39.3 Å². The van der Waals surface area contributed by atoms with Crippen molar-refractivity contribution >= 4 is 5.97 Å². The van der Waals surface area contributed by atoms with Crippen LogP contribution in [0.1, 0.15) is 31.9 Å². The van der Waals surface area contributed by atoms with Gasteiger partial charge in [0.1, 0.15) is 0 Å². The van der Waals surface area contributed by atoms with Crippen LogP contribution < -0.4 is 5.32 Å². The predicted molar refractivity (Wildman–Crippen MR) is 67.7 cm³/mol. The largest absolute Gasteiger partial charge is 0.469 e. The van der Waals surface area contributed by atoms with Crippen molar-refractivity contribution in [1.82, 2.24) is 9.88 Å². The molecule has 0 aliphatic carbocycles. The Balaban J connectivity index is 2.17. The highest BCUT2D eigenvalue weighted by atomic mass is 16.5. The third-order valence-corrected chi connectivity index (χ3v) is 2.66. The zero-order valence-corrected chi connectivity index (χ0v) is 10.7. The minimum Gasteiger partial charge on any atom is -0.469 e. The highest BCUT2D eigenvalue weighted by Crippen LogP contribution is 2.03. The Morgan fingerprint density at radius 1 is 1.53 bits per heavy atom. The molecule has 1 N–H and O–H groups in total. The highest BCUT2D eigenvalue weighted by Gasteiger charge is 2.01. The second-order valence-electron chi connectivity index (χ2n) is 4.05. The summed E-state index contributed by atoms with van der Waals surface area (Å²) < 4.78 is 6.84. The molecule has 0 aliphatic rings. The maximum absolute atomic E-state index is 10.9. The summed E-state index contributed by atoms with van der Waals surface area (Å²) in [6.07, 6.45) is 4.56. The number of rotatable bonds is 8. The van der Waals surface area contributed by atoms with E-state index in [0.29, 0.717) is 6.42 Å². The van der Waals surface area contributed by atoms with Gasteiger partial charge in [-0.25, -0.2) is 0 Å². The summed E-state index contributed by atoms with van der Waals surface area (Å²) in [6.45, 7) is 4.93. The molecule has 0 radical (unpaired) electrons. The SMILES string of the molecule is CCCn1cccc1CNCCCC(=O)OC. The van der Waals surface area contributed by atoms with Crippen LogP contribution in [-0.4, -0.2) is 24.2 Å². The number of carbonyl (C=O) groups is 1. The van der Waals surface area contributed by atoms with Gasteiger partial charge < -0.3 is 14.6 Å². The van der Waals surface area contributed by atoms with Crippen molar-refractivity contribution in [2.24, 2.45) is 0 Å². The van der Waals surface area contributed by atoms with Crippen molar-refractivity contribution in [3.05, 3.63) is 24.0 Å². The van der Waals surface area contributed by atoms with E-state index in [1.807, 2.05) is 0 Å². The number of methoxy groups -OCH3 is 1. The second kappa shape index (κ2) is 7.90. The van der Waals surface area contributed by atoms with Crippen LogP contribution in [0.5, 0.6) is 0 Å². The predicted octanol–water partition coefficient (Wildman–Crippen LogP) is 1.94. The summed E-state index contributed by atoms with van der Waals surface area (Å²) in [5.74, 6) is -0.138. The van der Waals surface area contributed by atoms with Gasteiger partial charge in [0, 0.05) is 31.4 Å². The lowest BCUT2D eigenvalue weighted by Gasteiger charge is -2.08. The van der Waals surface area contributed by atoms with Crippen LogP contribution in [0.15, 0.2) is 18.3 Å². The molecule has 0 atom stereocenters. The van der Waals surface area contributed by atoms with Crippen LogP contribution >= 0.6 is 0 Å². The number of ether oxygens (including phenoxy) is 1. The minimum absolute atomic E-state index is 0.138. The number of esters is 1. The summed E-state index contributed by atoms with van der Waals surface area (Å²) in [5.41, 5.74) is 1.30. The standard InChI is InChI=1S/C13H22N2O2/c1-3-9-15-10-5-6-12(15)11-14-8-4-7-13(16)17-2/h5-6,10,14H,3-4,7-9,11H2,1-2H3. The lowest BCUT2D eigenvalue weighted by Crippen LogP contribution is -2.18. The molecule has 96 valence electrons. The number of hydrogen-bond acceptors (Lipinski definition) is 3. The van der Waals surface area contributed by atoms with E-state index >= 15 is 0 Å². The minimum atomic E-state index is -0.138. The molecule has 1 aromatic heterocycles. The molecule has 1 heterocycles. The fraction of sp³-hybridized carbons (Fsp3) is 0.615. The first-order valence-electron chi connectivity index (χ1n) is 6.19. The van der Waals surface area contributed by atoms with Gasteiger partial charge in [0.15, 0.2) is 0 Å². The van der Waals surface area contributed by atoms with E-state index in [4.69, 9.17) is 0 Å². The third-order valence-electron chi connectivity index (χ3n) is 2.66. The molecular formula is C13H22N2O2. The van der Waals surface area contributed by atoms with Crippen molar-refractivity contribution in [3.8, 4) is 0 Å². The number of aryl methyl sites for hydroxylation is 1. The van der Waals surface area contributed by atoms with E-state index in [0.717, 1.165) is 32.5 Å². The molecule has 17 heavy (non-hydrogen) atoms. The van der Waals surface area contributed by atoms with Crippen molar-refractivity contribution in [2.75, 3.05) is 13.7 Å². The summed E-state index contributed by atoms with van der Waals surface area (Å²) in [4.78, 5) is 10.9. The molecule has 0 unspecified atom stereocenters. The molecule has 4 nitrogen and oxygen atoms in total. The summed E-state index contributed by atoms with van der Waals surface area (Å²) >= 11 is 0. The normalized spacial score (nSPS) is 10.5. The topological polar surface area (TPSA) is 43.3 Å². The van der Waals surface area contributed by atoms with Crippen LogP contribution in [0.2, 0.25) is 0 Å². The number of nitrogens with zero attached hydrogens (tertiary/aromatic N) is 1. The first-order valence-corrected chi connectivity index (χ1v) is 6.19. The van der Waals surface area contributed by atoms with E-state index < -0.39 is 0 Å². The summed E-state index contributed by atoms with van der Waals surface area (Å²) in [6, 6.07) is 4.20. The molecule has 0 bridgehead atoms. The third kappa shape index (κ3) is 5.04. The fourth-order valence-corrected chi connectivity index (χ4v) is 1.75. The summed E-state index contributed by atoms with van der Waals surface area (Å²) in [7, 11) is 1.42. The van der Waals surface area contributed by atoms with Gasteiger partial charge in [0.2, 0.25) is 0 Å². The van der Waals surface area contributed by atoms with Crippen LogP contribution in [0.25, 0.3) is 0 Å². The fourth-order valence-electron chi connectivity index (χ4n) is 1.75. The zero-order chi connectivity index (χ0) is 12.5. The monoisotopic (exact) mass is 238 g/mol. The zero-order valence-electron chi connectivity index (χ0n) is 10.7. The van der Waals surface area contributed by atoms with Crippen LogP contribution in [0.3, 0.4) is 0 Å². The smallest absolute Gasteiger partial charge is 0.305 e. The first-order chi connectivity index (χ1) is 8.27. The molecule has 0 saturated carbocycles. The van der Waals surface area contributed by atoms with Crippen LogP contribution in [0.4, 0.5) is 0 Å². The van der Waals surface area contributed by atoms with E-state index in [1.54, 1.807) is 0 Å². The molecule has 0 spiro atoms. The molecule has 0 aromatic carbocycles. The van der Waals surface area contributed by atoms with Gasteiger partial charge in [-0.3, -0.25) is 4.79 Å². The van der Waals surface area contributed by atoms with Gasteiger partial charge in [-0.15, -0.1) is 0 Å². The van der Waals surface area contributed by atoms with Crippen molar-refractivity contribution in [3.63, 3.8) is 0 Å². The van der Waals surface area contributed by atoms with Crippen molar-refractivity contribution in [1.29, 1.82) is 0 Å². The van der Waals surface area contributed by atoms with Gasteiger partial charge >= 0.3 is 5.97 Å². The number of aromatic nitrogens is 1. The lowest BCUT2D eigenvalue weighted by molar-refractivity contribution is -0.140. The Hall–Kier alpha value is -1.29. The number of nitrogens with one attached hydrogen (secondary N) is 1. The van der Waals surface area contributed by atoms with Crippen LogP contribution in [-0.2, 0) is 22.6 Å².